The van der Waals surface area contributed by atoms with Crippen LogP contribution < -0.4 is 5.32 Å². The second-order valence-corrected chi connectivity index (χ2v) is 2.04. The predicted molar refractivity (Wildman–Crippen MR) is 45.4 cm³/mol. The van der Waals surface area contributed by atoms with E-state index < -0.39 is 12.4 Å². The van der Waals surface area contributed by atoms with Crippen molar-refractivity contribution >= 4 is 6.03 Å². The van der Waals surface area contributed by atoms with E-state index in [2.05, 4.69) is 6.58 Å². The van der Waals surface area contributed by atoms with E-state index in [0.717, 1.165) is 11.2 Å². The maximum absolute atomic E-state index is 11.0. The molecule has 2 amide bonds. The number of carbonyl (C=O) groups is 1. The van der Waals surface area contributed by atoms with Gasteiger partial charge in [0.15, 0.2) is 0 Å². The van der Waals surface area contributed by atoms with Gasteiger partial charge in [-0.2, -0.15) is 0 Å². The van der Waals surface area contributed by atoms with Crippen molar-refractivity contribution in [2.24, 2.45) is 0 Å². The van der Waals surface area contributed by atoms with Crippen LogP contribution in [0.1, 0.15) is 0 Å². The first kappa shape index (κ1) is 11.5. The Morgan fingerprint density at radius 3 is 2.62 bits per heavy atom. The zero-order valence-electron chi connectivity index (χ0n) is 6.92. The minimum absolute atomic E-state index is 0.0958. The van der Waals surface area contributed by atoms with Crippen molar-refractivity contribution in [1.82, 2.24) is 10.2 Å². The molecular weight excluding hydrogens is 176 g/mol. The largest absolute Gasteiger partial charge is 0.516 e. The SMILES string of the molecule is C=CN(CC=CO)C(=O)NC(O)O. The van der Waals surface area contributed by atoms with E-state index in [1.807, 2.05) is 5.32 Å². The van der Waals surface area contributed by atoms with Crippen LogP contribution in [-0.2, 0) is 0 Å². The summed E-state index contributed by atoms with van der Waals surface area (Å²) in [6, 6.07) is -0.719. The third-order valence-electron chi connectivity index (χ3n) is 1.14. The maximum Gasteiger partial charge on any atom is 0.325 e. The lowest BCUT2D eigenvalue weighted by atomic mass is 10.5. The van der Waals surface area contributed by atoms with E-state index in [9.17, 15) is 4.79 Å². The summed E-state index contributed by atoms with van der Waals surface area (Å²) in [5.74, 6) is 0. The number of hydrogen-bond acceptors (Lipinski definition) is 4. The van der Waals surface area contributed by atoms with Gasteiger partial charge in [0.05, 0.1) is 6.26 Å². The van der Waals surface area contributed by atoms with Gasteiger partial charge in [-0.05, 0) is 6.08 Å². The number of amides is 2. The Labute approximate surface area is 75.4 Å². The van der Waals surface area contributed by atoms with Crippen LogP contribution in [0, 0.1) is 0 Å². The Balaban J connectivity index is 4.07. The second-order valence-electron chi connectivity index (χ2n) is 2.04. The Morgan fingerprint density at radius 2 is 2.23 bits per heavy atom. The summed E-state index contributed by atoms with van der Waals surface area (Å²) >= 11 is 0. The molecule has 0 aromatic heterocycles. The highest BCUT2D eigenvalue weighted by molar-refractivity contribution is 5.75. The highest BCUT2D eigenvalue weighted by Gasteiger charge is 2.10. The highest BCUT2D eigenvalue weighted by atomic mass is 16.5. The van der Waals surface area contributed by atoms with E-state index in [-0.39, 0.29) is 6.54 Å². The first-order valence-corrected chi connectivity index (χ1v) is 3.47. The van der Waals surface area contributed by atoms with E-state index in [1.165, 1.54) is 12.3 Å². The van der Waals surface area contributed by atoms with Gasteiger partial charge in [-0.15, -0.1) is 0 Å². The Morgan fingerprint density at radius 1 is 1.62 bits per heavy atom. The Hall–Kier alpha value is -1.53. The standard InChI is InChI=1S/C7H12N2O4/c1-2-9(4-3-5-10)6(11)8-7(12)13/h2-3,5,7,10,12-13H,1,4H2,(H,8,11). The molecule has 0 saturated carbocycles. The van der Waals surface area contributed by atoms with Crippen LogP contribution in [0.3, 0.4) is 0 Å². The van der Waals surface area contributed by atoms with Crippen molar-refractivity contribution in [2.75, 3.05) is 6.54 Å². The molecule has 0 rings (SSSR count). The molecule has 0 aromatic rings. The third-order valence-corrected chi connectivity index (χ3v) is 1.14. The molecule has 0 saturated heterocycles. The third kappa shape index (κ3) is 4.83. The normalized spacial score (nSPS) is 10.4. The van der Waals surface area contributed by atoms with Gasteiger partial charge < -0.3 is 15.3 Å². The minimum atomic E-state index is -1.91. The van der Waals surface area contributed by atoms with Crippen LogP contribution in [0.5, 0.6) is 0 Å². The molecule has 0 aliphatic heterocycles. The van der Waals surface area contributed by atoms with Gasteiger partial charge in [-0.25, -0.2) is 4.79 Å². The molecular formula is C7H12N2O4. The lowest BCUT2D eigenvalue weighted by Gasteiger charge is -2.17. The molecule has 0 atom stereocenters. The highest BCUT2D eigenvalue weighted by Crippen LogP contribution is 1.90. The smallest absolute Gasteiger partial charge is 0.325 e. The van der Waals surface area contributed by atoms with E-state index in [4.69, 9.17) is 15.3 Å². The van der Waals surface area contributed by atoms with Gasteiger partial charge in [0.1, 0.15) is 0 Å². The fraction of sp³-hybridized carbons (Fsp3) is 0.286. The number of urea groups is 1. The Kier molecular flexibility index (Phi) is 5.33. The van der Waals surface area contributed by atoms with Crippen molar-refractivity contribution in [3.05, 3.63) is 25.1 Å². The molecule has 0 radical (unpaired) electrons. The lowest BCUT2D eigenvalue weighted by molar-refractivity contribution is -0.0572. The van der Waals surface area contributed by atoms with Crippen LogP contribution in [0.25, 0.3) is 0 Å². The average molecular weight is 188 g/mol. The van der Waals surface area contributed by atoms with Crippen LogP contribution in [0.15, 0.2) is 25.1 Å². The summed E-state index contributed by atoms with van der Waals surface area (Å²) in [4.78, 5) is 12.0. The molecule has 0 bridgehead atoms. The summed E-state index contributed by atoms with van der Waals surface area (Å²) in [7, 11) is 0. The molecule has 0 aliphatic rings. The number of rotatable bonds is 4. The van der Waals surface area contributed by atoms with Gasteiger partial charge in [0.25, 0.3) is 0 Å². The molecule has 74 valence electrons. The summed E-state index contributed by atoms with van der Waals surface area (Å²) in [5, 5.41) is 26.9. The first-order chi connectivity index (χ1) is 6.11. The maximum atomic E-state index is 11.0. The molecule has 0 unspecified atom stereocenters. The van der Waals surface area contributed by atoms with Crippen molar-refractivity contribution in [3.63, 3.8) is 0 Å². The minimum Gasteiger partial charge on any atom is -0.516 e. The van der Waals surface area contributed by atoms with Crippen LogP contribution in [-0.4, -0.2) is 39.2 Å². The molecule has 13 heavy (non-hydrogen) atoms. The number of hydrogen-bond donors (Lipinski definition) is 4. The topological polar surface area (TPSA) is 93.0 Å². The van der Waals surface area contributed by atoms with Crippen molar-refractivity contribution in [1.29, 1.82) is 0 Å². The monoisotopic (exact) mass is 188 g/mol. The molecule has 0 fully saturated rings. The van der Waals surface area contributed by atoms with Gasteiger partial charge in [0.2, 0.25) is 6.41 Å². The zero-order valence-corrected chi connectivity index (χ0v) is 6.92. The van der Waals surface area contributed by atoms with Gasteiger partial charge in [-0.1, -0.05) is 6.58 Å². The number of aliphatic hydroxyl groups excluding tert-OH is 2. The quantitative estimate of drug-likeness (QED) is 0.353. The Bertz CT molecular complexity index is 203. The number of nitrogens with zero attached hydrogens (tertiary/aromatic N) is 1. The zero-order chi connectivity index (χ0) is 10.3. The van der Waals surface area contributed by atoms with Crippen molar-refractivity contribution in [2.45, 2.75) is 6.41 Å². The van der Waals surface area contributed by atoms with E-state index in [0.29, 0.717) is 0 Å². The second kappa shape index (κ2) is 6.04. The number of carbonyl (C=O) groups excluding carboxylic acids is 1. The molecule has 0 aromatic carbocycles. The van der Waals surface area contributed by atoms with Crippen LogP contribution >= 0.6 is 0 Å². The first-order valence-electron chi connectivity index (χ1n) is 3.47. The van der Waals surface area contributed by atoms with Crippen molar-refractivity contribution in [3.8, 4) is 0 Å². The number of aliphatic hydroxyl groups is 3. The van der Waals surface area contributed by atoms with Gasteiger partial charge >= 0.3 is 6.03 Å². The van der Waals surface area contributed by atoms with E-state index in [1.54, 1.807) is 0 Å². The fourth-order valence-corrected chi connectivity index (χ4v) is 0.594. The van der Waals surface area contributed by atoms with E-state index >= 15 is 0 Å². The van der Waals surface area contributed by atoms with Gasteiger partial charge in [0, 0.05) is 12.7 Å². The molecule has 6 nitrogen and oxygen atoms in total. The fourth-order valence-electron chi connectivity index (χ4n) is 0.594. The number of nitrogens with one attached hydrogen (secondary N) is 1. The predicted octanol–water partition coefficient (Wildman–Crippen LogP) is -0.519. The molecule has 4 N–H and O–H groups in total. The average Bonchev–Trinajstić information content (AvgIpc) is 2.04. The molecule has 6 heteroatoms. The lowest BCUT2D eigenvalue weighted by Crippen LogP contribution is -2.42. The summed E-state index contributed by atoms with van der Waals surface area (Å²) in [5.41, 5.74) is 0. The molecule has 0 aliphatic carbocycles. The summed E-state index contributed by atoms with van der Waals surface area (Å²) < 4.78 is 0. The summed E-state index contributed by atoms with van der Waals surface area (Å²) in [6.45, 7) is 3.42. The van der Waals surface area contributed by atoms with Crippen LogP contribution in [0.2, 0.25) is 0 Å². The molecule has 0 heterocycles. The van der Waals surface area contributed by atoms with Crippen molar-refractivity contribution < 1.29 is 20.1 Å². The molecule has 0 spiro atoms. The summed E-state index contributed by atoms with van der Waals surface area (Å²) in [6.07, 6.45) is 1.36. The van der Waals surface area contributed by atoms with Crippen LogP contribution in [0.4, 0.5) is 4.79 Å². The van der Waals surface area contributed by atoms with Gasteiger partial charge in [-0.3, -0.25) is 10.2 Å².